The Hall–Kier alpha value is -3.03. The number of amides is 1. The first-order valence-electron chi connectivity index (χ1n) is 11.8. The smallest absolute Gasteiger partial charge is 0.410 e. The minimum absolute atomic E-state index is 0.132. The molecule has 0 aliphatic heterocycles. The summed E-state index contributed by atoms with van der Waals surface area (Å²) in [6.07, 6.45) is 2.63. The summed E-state index contributed by atoms with van der Waals surface area (Å²) in [6.45, 7) is 8.98. The molecule has 2 N–H and O–H groups in total. The number of rotatable bonds is 9. The highest BCUT2D eigenvalue weighted by Gasteiger charge is 2.22. The van der Waals surface area contributed by atoms with Gasteiger partial charge < -0.3 is 20.1 Å². The molecule has 9 heteroatoms. The maximum Gasteiger partial charge on any atom is 0.410 e. The zero-order valence-electron chi connectivity index (χ0n) is 21.1. The average molecular weight is 531 g/mol. The number of benzene rings is 2. The van der Waals surface area contributed by atoms with Crippen LogP contribution in [0.1, 0.15) is 44.7 Å². The first-order chi connectivity index (χ1) is 17.0. The van der Waals surface area contributed by atoms with Crippen LogP contribution in [-0.4, -0.2) is 39.7 Å². The van der Waals surface area contributed by atoms with Gasteiger partial charge in [-0.1, -0.05) is 29.8 Å². The van der Waals surface area contributed by atoms with Gasteiger partial charge in [-0.15, -0.1) is 0 Å². The Morgan fingerprint density at radius 3 is 2.61 bits per heavy atom. The van der Waals surface area contributed by atoms with Gasteiger partial charge >= 0.3 is 6.09 Å². The van der Waals surface area contributed by atoms with Crippen LogP contribution in [0.4, 0.5) is 10.5 Å². The maximum absolute atomic E-state index is 12.8. The van der Waals surface area contributed by atoms with E-state index in [1.807, 2.05) is 70.2 Å². The molecular formula is C27H32Cl2N4O3. The summed E-state index contributed by atoms with van der Waals surface area (Å²) < 4.78 is 11.6. The number of nitrogens with two attached hydrogens (primary N) is 1. The fourth-order valence-electron chi connectivity index (χ4n) is 3.55. The summed E-state index contributed by atoms with van der Waals surface area (Å²) in [5.74, 6) is 0.699. The number of nitrogen functional groups attached to an aromatic ring is 1. The van der Waals surface area contributed by atoms with E-state index >= 15 is 0 Å². The highest BCUT2D eigenvalue weighted by atomic mass is 35.5. The van der Waals surface area contributed by atoms with E-state index in [0.29, 0.717) is 41.8 Å². The van der Waals surface area contributed by atoms with Crippen LogP contribution in [0.25, 0.3) is 11.3 Å². The number of halogens is 2. The Bertz CT molecular complexity index is 1200. The van der Waals surface area contributed by atoms with Gasteiger partial charge in [-0.2, -0.15) is 0 Å². The first kappa shape index (κ1) is 27.6. The number of hydrogen-bond donors (Lipinski definition) is 1. The molecule has 0 spiro atoms. The van der Waals surface area contributed by atoms with Crippen LogP contribution < -0.4 is 10.5 Å². The molecular weight excluding hydrogens is 499 g/mol. The molecule has 1 heterocycles. The standard InChI is InChI=1S/C27H32Cl2N4O3/c1-18-10-11-21(15-22(18)24-23(28)16-31-25(29)32-24)35-13-6-5-12-33(26(34)36-27(2,3)4)17-19-8-7-9-20(30)14-19/h7-11,14-16H,5-6,12-13,17,30H2,1-4H3. The van der Waals surface area contributed by atoms with E-state index in [-0.39, 0.29) is 11.4 Å². The van der Waals surface area contributed by atoms with Crippen molar-refractivity contribution in [2.45, 2.75) is 52.7 Å². The molecule has 7 nitrogen and oxygen atoms in total. The number of aryl methyl sites for hydroxylation is 1. The van der Waals surface area contributed by atoms with Crippen LogP contribution in [0.2, 0.25) is 10.3 Å². The predicted octanol–water partition coefficient (Wildman–Crippen LogP) is 6.94. The monoisotopic (exact) mass is 530 g/mol. The van der Waals surface area contributed by atoms with E-state index < -0.39 is 5.60 Å². The molecule has 0 atom stereocenters. The quantitative estimate of drug-likeness (QED) is 0.183. The lowest BCUT2D eigenvalue weighted by molar-refractivity contribution is 0.0228. The summed E-state index contributed by atoms with van der Waals surface area (Å²) in [4.78, 5) is 22.7. The molecule has 2 aromatic carbocycles. The Balaban J connectivity index is 1.59. The summed E-state index contributed by atoms with van der Waals surface area (Å²) in [6, 6.07) is 13.3. The van der Waals surface area contributed by atoms with Crippen LogP contribution in [-0.2, 0) is 11.3 Å². The molecule has 1 aromatic heterocycles. The summed E-state index contributed by atoms with van der Waals surface area (Å²) >= 11 is 12.3. The Morgan fingerprint density at radius 1 is 1.11 bits per heavy atom. The highest BCUT2D eigenvalue weighted by molar-refractivity contribution is 6.33. The molecule has 0 fully saturated rings. The molecule has 0 saturated heterocycles. The third-order valence-electron chi connectivity index (χ3n) is 5.25. The molecule has 1 amide bonds. The van der Waals surface area contributed by atoms with Crippen molar-refractivity contribution in [3.05, 3.63) is 70.1 Å². The van der Waals surface area contributed by atoms with Crippen molar-refractivity contribution in [3.63, 3.8) is 0 Å². The van der Waals surface area contributed by atoms with Gasteiger partial charge in [0.1, 0.15) is 11.4 Å². The second kappa shape index (κ2) is 12.3. The summed E-state index contributed by atoms with van der Waals surface area (Å²) in [7, 11) is 0. The molecule has 3 aromatic rings. The molecule has 3 rings (SSSR count). The van der Waals surface area contributed by atoms with Gasteiger partial charge in [0.05, 0.1) is 23.5 Å². The summed E-state index contributed by atoms with van der Waals surface area (Å²) in [5.41, 5.74) is 9.34. The molecule has 0 bridgehead atoms. The van der Waals surface area contributed by atoms with Gasteiger partial charge in [-0.3, -0.25) is 0 Å². The maximum atomic E-state index is 12.8. The lowest BCUT2D eigenvalue weighted by Crippen LogP contribution is -2.37. The van der Waals surface area contributed by atoms with Gasteiger partial charge in [0.25, 0.3) is 0 Å². The minimum atomic E-state index is -0.575. The zero-order chi connectivity index (χ0) is 26.3. The van der Waals surface area contributed by atoms with Crippen molar-refractivity contribution < 1.29 is 14.3 Å². The fourth-order valence-corrected chi connectivity index (χ4v) is 3.87. The van der Waals surface area contributed by atoms with Gasteiger partial charge in [-0.05, 0) is 87.5 Å². The second-order valence-corrected chi connectivity index (χ2v) is 10.3. The third-order valence-corrected chi connectivity index (χ3v) is 5.70. The van der Waals surface area contributed by atoms with E-state index in [9.17, 15) is 4.79 Å². The zero-order valence-corrected chi connectivity index (χ0v) is 22.6. The van der Waals surface area contributed by atoms with Gasteiger partial charge in [0.15, 0.2) is 0 Å². The largest absolute Gasteiger partial charge is 0.494 e. The van der Waals surface area contributed by atoms with E-state index in [2.05, 4.69) is 9.97 Å². The van der Waals surface area contributed by atoms with Crippen LogP contribution in [0.3, 0.4) is 0 Å². The number of ether oxygens (including phenoxy) is 2. The van der Waals surface area contributed by atoms with Gasteiger partial charge in [-0.25, -0.2) is 14.8 Å². The molecule has 0 aliphatic carbocycles. The Morgan fingerprint density at radius 2 is 1.89 bits per heavy atom. The van der Waals surface area contributed by atoms with E-state index in [4.69, 9.17) is 38.4 Å². The van der Waals surface area contributed by atoms with Crippen LogP contribution in [0, 0.1) is 6.92 Å². The Labute approximate surface area is 222 Å². The topological polar surface area (TPSA) is 90.6 Å². The molecule has 192 valence electrons. The predicted molar refractivity (Wildman–Crippen MR) is 144 cm³/mol. The molecule has 0 aliphatic rings. The Kier molecular flexibility index (Phi) is 9.40. The van der Waals surface area contributed by atoms with Crippen molar-refractivity contribution in [2.24, 2.45) is 0 Å². The lowest BCUT2D eigenvalue weighted by Gasteiger charge is -2.27. The molecule has 0 saturated carbocycles. The van der Waals surface area contributed by atoms with Crippen LogP contribution in [0.15, 0.2) is 48.7 Å². The highest BCUT2D eigenvalue weighted by Crippen LogP contribution is 2.31. The van der Waals surface area contributed by atoms with Crippen LogP contribution >= 0.6 is 23.2 Å². The van der Waals surface area contributed by atoms with Gasteiger partial charge in [0.2, 0.25) is 5.28 Å². The van der Waals surface area contributed by atoms with Crippen molar-refractivity contribution in [1.29, 1.82) is 0 Å². The van der Waals surface area contributed by atoms with Crippen molar-refractivity contribution >= 4 is 35.0 Å². The van der Waals surface area contributed by atoms with Crippen molar-refractivity contribution in [3.8, 4) is 17.0 Å². The number of carbonyl (C=O) groups excluding carboxylic acids is 1. The number of nitrogens with zero attached hydrogens (tertiary/aromatic N) is 3. The van der Waals surface area contributed by atoms with E-state index in [0.717, 1.165) is 29.5 Å². The van der Waals surface area contributed by atoms with Crippen molar-refractivity contribution in [1.82, 2.24) is 14.9 Å². The SMILES string of the molecule is Cc1ccc(OCCCCN(Cc2cccc(N)c2)C(=O)OC(C)(C)C)cc1-c1nc(Cl)ncc1Cl. The lowest BCUT2D eigenvalue weighted by atomic mass is 10.1. The third kappa shape index (κ3) is 8.28. The van der Waals surface area contributed by atoms with Crippen molar-refractivity contribution in [2.75, 3.05) is 18.9 Å². The fraction of sp³-hybridized carbons (Fsp3) is 0.370. The van der Waals surface area contributed by atoms with E-state index in [1.165, 1.54) is 6.20 Å². The first-order valence-corrected chi connectivity index (χ1v) is 12.5. The minimum Gasteiger partial charge on any atom is -0.494 e. The van der Waals surface area contributed by atoms with Gasteiger partial charge in [0, 0.05) is 24.3 Å². The summed E-state index contributed by atoms with van der Waals surface area (Å²) in [5, 5.41) is 0.551. The molecule has 36 heavy (non-hydrogen) atoms. The normalized spacial score (nSPS) is 11.3. The number of unbranched alkanes of at least 4 members (excludes halogenated alkanes) is 1. The number of anilines is 1. The number of carbonyl (C=O) groups is 1. The van der Waals surface area contributed by atoms with E-state index in [1.54, 1.807) is 4.90 Å². The number of hydrogen-bond acceptors (Lipinski definition) is 6. The molecule has 0 radical (unpaired) electrons. The van der Waals surface area contributed by atoms with Crippen LogP contribution in [0.5, 0.6) is 5.75 Å². The molecule has 0 unspecified atom stereocenters. The average Bonchev–Trinajstić information content (AvgIpc) is 2.79. The second-order valence-electron chi connectivity index (χ2n) is 9.51. The number of aromatic nitrogens is 2.